The SMILES string of the molecule is CCOC(=O)Cc1csc(NC(=O)C(C)OC(=O)c2c3c(nc4ccccc24)CCN(C)C3)n1. The van der Waals surface area contributed by atoms with Crippen LogP contribution in [0.3, 0.4) is 0 Å². The predicted octanol–water partition coefficient (Wildman–Crippen LogP) is 2.97. The Hall–Kier alpha value is -3.37. The molecule has 1 unspecified atom stereocenters. The van der Waals surface area contributed by atoms with Crippen LogP contribution in [-0.2, 0) is 38.4 Å². The largest absolute Gasteiger partial charge is 0.466 e. The second-order valence-corrected chi connectivity index (χ2v) is 8.94. The van der Waals surface area contributed by atoms with Gasteiger partial charge in [0.25, 0.3) is 5.91 Å². The van der Waals surface area contributed by atoms with Gasteiger partial charge in [0.1, 0.15) is 0 Å². The number of thiazole rings is 1. The van der Waals surface area contributed by atoms with Gasteiger partial charge in [-0.3, -0.25) is 19.9 Å². The van der Waals surface area contributed by atoms with Crippen molar-refractivity contribution in [2.45, 2.75) is 39.3 Å². The first kappa shape index (κ1) is 23.8. The molecule has 34 heavy (non-hydrogen) atoms. The Morgan fingerprint density at radius 3 is 2.82 bits per heavy atom. The molecule has 0 radical (unpaired) electrons. The van der Waals surface area contributed by atoms with Gasteiger partial charge >= 0.3 is 11.9 Å². The Labute approximate surface area is 201 Å². The fourth-order valence-corrected chi connectivity index (χ4v) is 4.56. The number of para-hydroxylation sites is 1. The summed E-state index contributed by atoms with van der Waals surface area (Å²) in [7, 11) is 1.99. The number of benzene rings is 1. The van der Waals surface area contributed by atoms with Crippen molar-refractivity contribution in [3.63, 3.8) is 0 Å². The molecule has 0 saturated carbocycles. The molecular weight excluding hydrogens is 456 g/mol. The normalized spacial score (nSPS) is 14.3. The number of ether oxygens (including phenoxy) is 2. The fourth-order valence-electron chi connectivity index (χ4n) is 3.84. The van der Waals surface area contributed by atoms with Crippen LogP contribution in [0.25, 0.3) is 10.9 Å². The van der Waals surface area contributed by atoms with Gasteiger partial charge in [-0.05, 0) is 27.0 Å². The third-order valence-corrected chi connectivity index (χ3v) is 6.31. The van der Waals surface area contributed by atoms with Crippen LogP contribution in [0.15, 0.2) is 29.6 Å². The molecule has 3 aromatic rings. The zero-order chi connectivity index (χ0) is 24.2. The van der Waals surface area contributed by atoms with E-state index in [0.717, 1.165) is 29.7 Å². The van der Waals surface area contributed by atoms with E-state index < -0.39 is 18.0 Å². The quantitative estimate of drug-likeness (QED) is 0.512. The number of hydrogen-bond acceptors (Lipinski definition) is 9. The van der Waals surface area contributed by atoms with Gasteiger partial charge in [0.15, 0.2) is 11.2 Å². The summed E-state index contributed by atoms with van der Waals surface area (Å²) in [5.41, 5.74) is 3.42. The second kappa shape index (κ2) is 10.3. The third-order valence-electron chi connectivity index (χ3n) is 5.51. The van der Waals surface area contributed by atoms with E-state index in [1.165, 1.54) is 18.3 Å². The summed E-state index contributed by atoms with van der Waals surface area (Å²) in [5, 5.41) is 5.35. The number of carbonyl (C=O) groups excluding carboxylic acids is 3. The number of rotatable bonds is 7. The van der Waals surface area contributed by atoms with Crippen LogP contribution in [0.4, 0.5) is 5.13 Å². The molecule has 178 valence electrons. The minimum absolute atomic E-state index is 0.0272. The van der Waals surface area contributed by atoms with Crippen molar-refractivity contribution >= 4 is 45.2 Å². The number of pyridine rings is 1. The highest BCUT2D eigenvalue weighted by Gasteiger charge is 2.28. The molecule has 3 heterocycles. The Balaban J connectivity index is 1.49. The van der Waals surface area contributed by atoms with Crippen LogP contribution >= 0.6 is 11.3 Å². The highest BCUT2D eigenvalue weighted by Crippen LogP contribution is 2.28. The molecule has 1 aliphatic heterocycles. The minimum atomic E-state index is -1.05. The molecule has 9 nitrogen and oxygen atoms in total. The number of nitrogens with zero attached hydrogens (tertiary/aromatic N) is 3. The highest BCUT2D eigenvalue weighted by atomic mass is 32.1. The number of fused-ring (bicyclic) bond motifs is 2. The number of esters is 2. The maximum atomic E-state index is 13.3. The summed E-state index contributed by atoms with van der Waals surface area (Å²) in [6, 6.07) is 7.45. The molecule has 1 atom stereocenters. The molecule has 10 heteroatoms. The van der Waals surface area contributed by atoms with Gasteiger partial charge in [0, 0.05) is 41.5 Å². The minimum Gasteiger partial charge on any atom is -0.466 e. The fraction of sp³-hybridized carbons (Fsp3) is 0.375. The van der Waals surface area contributed by atoms with E-state index in [9.17, 15) is 14.4 Å². The molecule has 0 fully saturated rings. The highest BCUT2D eigenvalue weighted by molar-refractivity contribution is 7.13. The summed E-state index contributed by atoms with van der Waals surface area (Å²) in [5.74, 6) is -1.45. The van der Waals surface area contributed by atoms with Crippen molar-refractivity contribution in [3.8, 4) is 0 Å². The third kappa shape index (κ3) is 5.23. The van der Waals surface area contributed by atoms with Gasteiger partial charge in [-0.15, -0.1) is 11.3 Å². The maximum Gasteiger partial charge on any atom is 0.339 e. The summed E-state index contributed by atoms with van der Waals surface area (Å²) in [6.07, 6.45) is -0.279. The topological polar surface area (TPSA) is 111 Å². The molecule has 0 spiro atoms. The van der Waals surface area contributed by atoms with Crippen LogP contribution in [0.2, 0.25) is 0 Å². The molecular formula is C24H26N4O5S. The first-order valence-electron chi connectivity index (χ1n) is 11.1. The van der Waals surface area contributed by atoms with Crippen LogP contribution < -0.4 is 5.32 Å². The van der Waals surface area contributed by atoms with Crippen molar-refractivity contribution in [3.05, 3.63) is 52.2 Å². The number of anilines is 1. The van der Waals surface area contributed by atoms with Crippen LogP contribution in [0.5, 0.6) is 0 Å². The number of likely N-dealkylation sites (N-methyl/N-ethyl adjacent to an activating group) is 1. The standard InChI is InChI=1S/C24H26N4O5S/c1-4-32-20(29)11-15-13-34-24(25-15)27-22(30)14(2)33-23(31)21-16-7-5-6-8-18(16)26-19-9-10-28(3)12-17(19)21/h5-8,13-14H,4,9-12H2,1-3H3,(H,25,27,30). The first-order chi connectivity index (χ1) is 16.4. The van der Waals surface area contributed by atoms with E-state index >= 15 is 0 Å². The number of hydrogen-bond donors (Lipinski definition) is 1. The molecule has 4 rings (SSSR count). The van der Waals surface area contributed by atoms with Crippen LogP contribution in [0, 0.1) is 0 Å². The average molecular weight is 483 g/mol. The van der Waals surface area contributed by atoms with E-state index in [1.807, 2.05) is 31.3 Å². The number of amides is 1. The van der Waals surface area contributed by atoms with Gasteiger partial charge in [-0.25, -0.2) is 9.78 Å². The van der Waals surface area contributed by atoms with Gasteiger partial charge in [-0.2, -0.15) is 0 Å². The molecule has 2 aromatic heterocycles. The summed E-state index contributed by atoms with van der Waals surface area (Å²) in [6.45, 7) is 4.98. The van der Waals surface area contributed by atoms with Gasteiger partial charge in [0.2, 0.25) is 0 Å². The van der Waals surface area contributed by atoms with E-state index in [2.05, 4.69) is 15.2 Å². The zero-order valence-corrected chi connectivity index (χ0v) is 20.1. The van der Waals surface area contributed by atoms with E-state index in [1.54, 1.807) is 12.3 Å². The zero-order valence-electron chi connectivity index (χ0n) is 19.3. The predicted molar refractivity (Wildman–Crippen MR) is 128 cm³/mol. The van der Waals surface area contributed by atoms with Gasteiger partial charge in [-0.1, -0.05) is 18.2 Å². The monoisotopic (exact) mass is 482 g/mol. The summed E-state index contributed by atoms with van der Waals surface area (Å²) >= 11 is 1.19. The Morgan fingerprint density at radius 1 is 1.24 bits per heavy atom. The lowest BCUT2D eigenvalue weighted by Crippen LogP contribution is -2.32. The Bertz CT molecular complexity index is 1240. The second-order valence-electron chi connectivity index (χ2n) is 8.08. The molecule has 0 bridgehead atoms. The molecule has 1 aliphatic rings. The van der Waals surface area contributed by atoms with Gasteiger partial charge in [0.05, 0.1) is 29.8 Å². The molecule has 1 aromatic carbocycles. The van der Waals surface area contributed by atoms with Crippen LogP contribution in [-0.4, -0.2) is 59.0 Å². The van der Waals surface area contributed by atoms with Crippen molar-refractivity contribution in [2.75, 3.05) is 25.5 Å². The lowest BCUT2D eigenvalue weighted by molar-refractivity contribution is -0.142. The van der Waals surface area contributed by atoms with E-state index in [0.29, 0.717) is 34.9 Å². The molecule has 1 amide bonds. The van der Waals surface area contributed by atoms with Crippen molar-refractivity contribution in [2.24, 2.45) is 0 Å². The lowest BCUT2D eigenvalue weighted by atomic mass is 9.96. The molecule has 0 aliphatic carbocycles. The number of aromatic nitrogens is 2. The summed E-state index contributed by atoms with van der Waals surface area (Å²) in [4.78, 5) is 48.7. The molecule has 1 N–H and O–H groups in total. The smallest absolute Gasteiger partial charge is 0.339 e. The Kier molecular flexibility index (Phi) is 7.18. The lowest BCUT2D eigenvalue weighted by Gasteiger charge is -2.27. The van der Waals surface area contributed by atoms with E-state index in [-0.39, 0.29) is 12.4 Å². The van der Waals surface area contributed by atoms with Crippen LogP contribution in [0.1, 0.15) is 41.2 Å². The van der Waals surface area contributed by atoms with Crippen molar-refractivity contribution < 1.29 is 23.9 Å². The first-order valence-corrected chi connectivity index (χ1v) is 11.9. The van der Waals surface area contributed by atoms with Crippen molar-refractivity contribution in [1.29, 1.82) is 0 Å². The maximum absolute atomic E-state index is 13.3. The Morgan fingerprint density at radius 2 is 2.03 bits per heavy atom. The van der Waals surface area contributed by atoms with Gasteiger partial charge < -0.3 is 14.4 Å². The molecule has 0 saturated heterocycles. The number of carbonyl (C=O) groups is 3. The van der Waals surface area contributed by atoms with Crippen molar-refractivity contribution in [1.82, 2.24) is 14.9 Å². The van der Waals surface area contributed by atoms with E-state index in [4.69, 9.17) is 14.5 Å². The average Bonchev–Trinajstić information content (AvgIpc) is 3.23. The summed E-state index contributed by atoms with van der Waals surface area (Å²) < 4.78 is 10.5. The number of nitrogens with one attached hydrogen (secondary N) is 1.